The zero-order chi connectivity index (χ0) is 19.5. The molecule has 0 N–H and O–H groups in total. The van der Waals surface area contributed by atoms with Crippen LogP contribution in [0.2, 0.25) is 0 Å². The molecule has 1 atom stereocenters. The summed E-state index contributed by atoms with van der Waals surface area (Å²) in [7, 11) is 0. The Morgan fingerprint density at radius 1 is 1.04 bits per heavy atom. The third-order valence-electron chi connectivity index (χ3n) is 5.21. The van der Waals surface area contributed by atoms with Crippen molar-refractivity contribution >= 4 is 11.7 Å². The highest BCUT2D eigenvalue weighted by atomic mass is 16.2. The number of hydrogen-bond acceptors (Lipinski definition) is 5. The van der Waals surface area contributed by atoms with E-state index in [0.717, 1.165) is 25.3 Å². The first-order chi connectivity index (χ1) is 13.6. The molecule has 4 rings (SSSR count). The molecule has 28 heavy (non-hydrogen) atoms. The van der Waals surface area contributed by atoms with Crippen LogP contribution in [0.1, 0.15) is 29.3 Å². The van der Waals surface area contributed by atoms with Gasteiger partial charge in [-0.1, -0.05) is 12.1 Å². The highest BCUT2D eigenvalue weighted by Crippen LogP contribution is 2.21. The smallest absolute Gasteiger partial charge is 0.256 e. The first-order valence-electron chi connectivity index (χ1n) is 9.58. The number of carbonyl (C=O) groups is 1. The minimum Gasteiger partial charge on any atom is -0.355 e. The number of aryl methyl sites for hydroxylation is 1. The Morgan fingerprint density at radius 2 is 1.82 bits per heavy atom. The molecule has 1 fully saturated rings. The molecule has 1 saturated heterocycles. The first kappa shape index (κ1) is 18.2. The maximum absolute atomic E-state index is 13.4. The van der Waals surface area contributed by atoms with Crippen molar-refractivity contribution in [1.82, 2.24) is 24.9 Å². The number of anilines is 1. The van der Waals surface area contributed by atoms with E-state index in [9.17, 15) is 4.79 Å². The Balaban J connectivity index is 1.57. The maximum atomic E-state index is 13.4. The van der Waals surface area contributed by atoms with E-state index >= 15 is 0 Å². The molecular formula is C21H24N6O. The van der Waals surface area contributed by atoms with Gasteiger partial charge in [-0.3, -0.25) is 4.79 Å². The van der Waals surface area contributed by atoms with Gasteiger partial charge in [-0.15, -0.1) is 0 Å². The summed E-state index contributed by atoms with van der Waals surface area (Å²) in [5, 5.41) is 8.38. The average Bonchev–Trinajstić information content (AvgIpc) is 3.17. The molecule has 0 saturated carbocycles. The van der Waals surface area contributed by atoms with Crippen molar-refractivity contribution in [3.05, 3.63) is 66.1 Å². The van der Waals surface area contributed by atoms with Crippen molar-refractivity contribution in [2.45, 2.75) is 26.3 Å². The molecule has 3 aromatic rings. The summed E-state index contributed by atoms with van der Waals surface area (Å²) in [6.07, 6.45) is 5.96. The molecule has 1 amide bonds. The second-order valence-electron chi connectivity index (χ2n) is 7.15. The zero-order valence-corrected chi connectivity index (χ0v) is 16.2. The van der Waals surface area contributed by atoms with Crippen LogP contribution in [0.3, 0.4) is 0 Å². The molecule has 3 heterocycles. The predicted octanol–water partition coefficient (Wildman–Crippen LogP) is 2.71. The standard InChI is InChI=1S/C21H24N6O/c1-16-7-9-22-20(15-16)25-12-8-17(2)26(14-13-25)21(28)18-5-3-4-6-19(18)27-23-10-11-24-27/h3-7,9-11,15,17H,8,12-14H2,1-2H3/t17-/m1/s1. The predicted molar refractivity (Wildman–Crippen MR) is 108 cm³/mol. The van der Waals surface area contributed by atoms with Crippen LogP contribution < -0.4 is 4.90 Å². The quantitative estimate of drug-likeness (QED) is 0.703. The van der Waals surface area contributed by atoms with Crippen molar-refractivity contribution in [3.8, 4) is 5.69 Å². The lowest BCUT2D eigenvalue weighted by atomic mass is 10.1. The summed E-state index contributed by atoms with van der Waals surface area (Å²) < 4.78 is 0. The Morgan fingerprint density at radius 3 is 2.61 bits per heavy atom. The van der Waals surface area contributed by atoms with Crippen LogP contribution in [0.25, 0.3) is 5.69 Å². The number of para-hydroxylation sites is 1. The minimum atomic E-state index is 0.0134. The lowest BCUT2D eigenvalue weighted by Gasteiger charge is -2.27. The van der Waals surface area contributed by atoms with Crippen LogP contribution >= 0.6 is 0 Å². The molecule has 7 nitrogen and oxygen atoms in total. The average molecular weight is 376 g/mol. The van der Waals surface area contributed by atoms with Crippen LogP contribution in [0.4, 0.5) is 5.82 Å². The van der Waals surface area contributed by atoms with Crippen molar-refractivity contribution in [1.29, 1.82) is 0 Å². The largest absolute Gasteiger partial charge is 0.355 e. The summed E-state index contributed by atoms with van der Waals surface area (Å²) in [6.45, 7) is 6.47. The summed E-state index contributed by atoms with van der Waals surface area (Å²) in [5.74, 6) is 0.988. The molecule has 1 aliphatic heterocycles. The molecule has 1 aliphatic rings. The van der Waals surface area contributed by atoms with Gasteiger partial charge in [0.25, 0.3) is 5.91 Å². The van der Waals surface area contributed by atoms with E-state index in [1.54, 1.807) is 12.4 Å². The van der Waals surface area contributed by atoms with Gasteiger partial charge in [-0.2, -0.15) is 15.0 Å². The van der Waals surface area contributed by atoms with Crippen molar-refractivity contribution in [3.63, 3.8) is 0 Å². The van der Waals surface area contributed by atoms with Crippen molar-refractivity contribution < 1.29 is 4.79 Å². The van der Waals surface area contributed by atoms with E-state index in [1.165, 1.54) is 10.4 Å². The van der Waals surface area contributed by atoms with Crippen LogP contribution in [-0.2, 0) is 0 Å². The number of nitrogens with zero attached hydrogens (tertiary/aromatic N) is 6. The van der Waals surface area contributed by atoms with E-state index in [1.807, 2.05) is 41.4 Å². The SMILES string of the molecule is Cc1ccnc(N2CC[C@@H](C)N(C(=O)c3ccccc3-n3nccn3)CC2)c1. The van der Waals surface area contributed by atoms with Gasteiger partial charge in [0.15, 0.2) is 0 Å². The van der Waals surface area contributed by atoms with Crippen LogP contribution in [0.15, 0.2) is 55.0 Å². The zero-order valence-electron chi connectivity index (χ0n) is 16.2. The number of rotatable bonds is 3. The number of amides is 1. The van der Waals surface area contributed by atoms with Gasteiger partial charge in [0, 0.05) is 31.9 Å². The molecule has 0 unspecified atom stereocenters. The number of pyridine rings is 1. The Labute approximate surface area is 164 Å². The number of benzene rings is 1. The van der Waals surface area contributed by atoms with E-state index < -0.39 is 0 Å². The van der Waals surface area contributed by atoms with Gasteiger partial charge in [0.05, 0.1) is 23.6 Å². The molecule has 0 spiro atoms. The summed E-state index contributed by atoms with van der Waals surface area (Å²) in [6, 6.07) is 11.7. The maximum Gasteiger partial charge on any atom is 0.256 e. The molecular weight excluding hydrogens is 352 g/mol. The molecule has 0 aliphatic carbocycles. The molecule has 0 bridgehead atoms. The summed E-state index contributed by atoms with van der Waals surface area (Å²) in [4.78, 5) is 23.6. The van der Waals surface area contributed by atoms with E-state index in [-0.39, 0.29) is 11.9 Å². The Kier molecular flexibility index (Phi) is 5.06. The van der Waals surface area contributed by atoms with Crippen molar-refractivity contribution in [2.75, 3.05) is 24.5 Å². The van der Waals surface area contributed by atoms with Crippen LogP contribution in [0.5, 0.6) is 0 Å². The van der Waals surface area contributed by atoms with E-state index in [0.29, 0.717) is 17.8 Å². The van der Waals surface area contributed by atoms with Gasteiger partial charge in [0.1, 0.15) is 5.82 Å². The topological polar surface area (TPSA) is 67.2 Å². The second kappa shape index (κ2) is 7.80. The summed E-state index contributed by atoms with van der Waals surface area (Å²) in [5.41, 5.74) is 2.51. The van der Waals surface area contributed by atoms with Crippen molar-refractivity contribution in [2.24, 2.45) is 0 Å². The molecule has 144 valence electrons. The summed E-state index contributed by atoms with van der Waals surface area (Å²) >= 11 is 0. The van der Waals surface area contributed by atoms with Gasteiger partial charge in [0.2, 0.25) is 0 Å². The highest BCUT2D eigenvalue weighted by Gasteiger charge is 2.28. The number of aromatic nitrogens is 4. The molecule has 0 radical (unpaired) electrons. The molecule has 1 aromatic carbocycles. The number of carbonyl (C=O) groups excluding carboxylic acids is 1. The Hall–Kier alpha value is -3.22. The molecule has 7 heteroatoms. The van der Waals surface area contributed by atoms with Gasteiger partial charge in [-0.05, 0) is 50.1 Å². The van der Waals surface area contributed by atoms with Crippen LogP contribution in [-0.4, -0.2) is 56.5 Å². The fourth-order valence-corrected chi connectivity index (χ4v) is 3.61. The third kappa shape index (κ3) is 3.60. The first-order valence-corrected chi connectivity index (χ1v) is 9.58. The van der Waals surface area contributed by atoms with Gasteiger partial charge < -0.3 is 9.80 Å². The van der Waals surface area contributed by atoms with Gasteiger partial charge in [-0.25, -0.2) is 4.98 Å². The second-order valence-corrected chi connectivity index (χ2v) is 7.15. The number of hydrogen-bond donors (Lipinski definition) is 0. The molecule has 2 aromatic heterocycles. The minimum absolute atomic E-state index is 0.0134. The Bertz CT molecular complexity index is 955. The monoisotopic (exact) mass is 376 g/mol. The van der Waals surface area contributed by atoms with E-state index in [2.05, 4.69) is 40.0 Å². The lowest BCUT2D eigenvalue weighted by Crippen LogP contribution is -2.40. The normalized spacial score (nSPS) is 17.4. The van der Waals surface area contributed by atoms with Gasteiger partial charge >= 0.3 is 0 Å². The lowest BCUT2D eigenvalue weighted by molar-refractivity contribution is 0.0705. The third-order valence-corrected chi connectivity index (χ3v) is 5.21. The fourth-order valence-electron chi connectivity index (χ4n) is 3.61. The fraction of sp³-hybridized carbons (Fsp3) is 0.333. The van der Waals surface area contributed by atoms with E-state index in [4.69, 9.17) is 0 Å². The van der Waals surface area contributed by atoms with Crippen LogP contribution in [0, 0.1) is 6.92 Å². The highest BCUT2D eigenvalue weighted by molar-refractivity contribution is 5.98.